The first-order valence-electron chi connectivity index (χ1n) is 11.2. The van der Waals surface area contributed by atoms with Crippen LogP contribution in [-0.2, 0) is 33.4 Å². The van der Waals surface area contributed by atoms with Crippen LogP contribution in [0.15, 0.2) is 0 Å². The molecule has 2 atom stereocenters. The summed E-state index contributed by atoms with van der Waals surface area (Å²) >= 11 is 0. The first-order chi connectivity index (χ1) is 14.4. The second kappa shape index (κ2) is 14.1. The van der Waals surface area contributed by atoms with Crippen molar-refractivity contribution >= 4 is 23.7 Å². The summed E-state index contributed by atoms with van der Waals surface area (Å²) in [5, 5.41) is 11.1. The van der Waals surface area contributed by atoms with Gasteiger partial charge in [0.25, 0.3) is 0 Å². The number of carbonyl (C=O) groups is 4. The van der Waals surface area contributed by atoms with Crippen LogP contribution in [0.3, 0.4) is 0 Å². The molecule has 0 aromatic heterocycles. The lowest BCUT2D eigenvalue weighted by molar-refractivity contribution is -0.187. The van der Waals surface area contributed by atoms with Gasteiger partial charge in [-0.3, -0.25) is 14.4 Å². The van der Waals surface area contributed by atoms with Gasteiger partial charge in [0.15, 0.2) is 11.5 Å². The van der Waals surface area contributed by atoms with E-state index in [2.05, 4.69) is 0 Å². The van der Waals surface area contributed by atoms with Crippen molar-refractivity contribution in [2.24, 2.45) is 5.92 Å². The van der Waals surface area contributed by atoms with Gasteiger partial charge in [0.1, 0.15) is 5.78 Å². The van der Waals surface area contributed by atoms with Crippen molar-refractivity contribution in [3.63, 3.8) is 0 Å². The number of unbranched alkanes of at least 4 members (excludes halogenated alkanes) is 3. The molecule has 2 unspecified atom stereocenters. The second-order valence-corrected chi connectivity index (χ2v) is 6.48. The number of Topliss-reactive ketones (excluding diaryl/α,β-unsaturated/α-hetero) is 1. The normalized spacial score (nSPS) is 15.9. The Labute approximate surface area is 171 Å². The molecule has 0 bridgehead atoms. The molecule has 0 heterocycles. The van der Waals surface area contributed by atoms with Crippen LogP contribution in [0.5, 0.6) is 0 Å². The lowest BCUT2D eigenvalue weighted by Gasteiger charge is -2.30. The molecule has 1 N–H and O–H groups in total. The number of hydrogen-bond acceptors (Lipinski definition) is 8. The minimum atomic E-state index is -3.34. The number of rotatable bonds is 15. The zero-order valence-corrected chi connectivity index (χ0v) is 17.0. The zero-order valence-electron chi connectivity index (χ0n) is 20.0. The maximum absolute atomic E-state index is 12.7. The molecule has 0 aliphatic heterocycles. The summed E-state index contributed by atoms with van der Waals surface area (Å²) in [7, 11) is 0. The molecule has 0 spiro atoms. The Hall–Kier alpha value is -1.96. The Morgan fingerprint density at radius 2 is 1.39 bits per heavy atom. The van der Waals surface area contributed by atoms with Crippen LogP contribution in [0.25, 0.3) is 0 Å². The molecule has 0 amide bonds. The average molecular weight is 406 g/mol. The van der Waals surface area contributed by atoms with Crippen molar-refractivity contribution in [3.8, 4) is 0 Å². The number of aliphatic hydroxyl groups is 1. The second-order valence-electron chi connectivity index (χ2n) is 6.48. The van der Waals surface area contributed by atoms with Crippen LogP contribution in [-0.4, -0.2) is 54.2 Å². The van der Waals surface area contributed by atoms with Crippen LogP contribution >= 0.6 is 0 Å². The lowest BCUT2D eigenvalue weighted by Crippen LogP contribution is -2.55. The van der Waals surface area contributed by atoms with Crippen molar-refractivity contribution in [1.82, 2.24) is 0 Å². The minimum absolute atomic E-state index is 0.00484. The highest BCUT2D eigenvalue weighted by atomic mass is 16.6. The Bertz CT molecular complexity index is 606. The monoisotopic (exact) mass is 405 g/mol. The van der Waals surface area contributed by atoms with Crippen molar-refractivity contribution in [2.45, 2.75) is 78.2 Å². The molecule has 0 aromatic carbocycles. The number of hydrogen-bond donors (Lipinski definition) is 1. The van der Waals surface area contributed by atoms with Crippen LogP contribution < -0.4 is 0 Å². The third-order valence-electron chi connectivity index (χ3n) is 3.98. The highest BCUT2D eigenvalue weighted by molar-refractivity contribution is 6.05. The Morgan fingerprint density at radius 1 is 0.893 bits per heavy atom. The summed E-state index contributed by atoms with van der Waals surface area (Å²) in [6.07, 6.45) is 2.21. The summed E-state index contributed by atoms with van der Waals surface area (Å²) in [6, 6.07) is 0. The summed E-state index contributed by atoms with van der Waals surface area (Å²) in [6.45, 7) is 1.84. The van der Waals surface area contributed by atoms with Gasteiger partial charge in [0, 0.05) is 4.11 Å². The van der Waals surface area contributed by atoms with Gasteiger partial charge in [-0.1, -0.05) is 40.0 Å². The molecule has 8 nitrogen and oxygen atoms in total. The fraction of sp³-hybridized carbons (Fsp3) is 0.800. The molecular weight excluding hydrogens is 368 g/mol. The molecule has 0 fully saturated rings. The maximum Gasteiger partial charge on any atom is 0.340 e. The quantitative estimate of drug-likeness (QED) is 0.191. The van der Waals surface area contributed by atoms with E-state index in [1.54, 1.807) is 0 Å². The van der Waals surface area contributed by atoms with Crippen LogP contribution in [0.1, 0.15) is 76.7 Å². The lowest BCUT2D eigenvalue weighted by atomic mass is 9.81. The van der Waals surface area contributed by atoms with E-state index in [1.165, 1.54) is 0 Å². The largest absolute Gasteiger partial charge is 0.466 e. The zero-order chi connectivity index (χ0) is 24.1. The molecule has 0 aliphatic rings. The van der Waals surface area contributed by atoms with E-state index in [9.17, 15) is 24.3 Å². The number of ether oxygens (including phenoxy) is 3. The van der Waals surface area contributed by atoms with Gasteiger partial charge in [-0.25, -0.2) is 4.79 Å². The fourth-order valence-electron chi connectivity index (χ4n) is 2.25. The van der Waals surface area contributed by atoms with Crippen LogP contribution in [0.2, 0.25) is 0 Å². The molecule has 0 radical (unpaired) electrons. The summed E-state index contributed by atoms with van der Waals surface area (Å²) in [5.74, 6) is -8.13. The Balaban J connectivity index is 6.03. The van der Waals surface area contributed by atoms with Crippen molar-refractivity contribution in [3.05, 3.63) is 0 Å². The Kier molecular flexibility index (Phi) is 10.5. The van der Waals surface area contributed by atoms with E-state index in [0.29, 0.717) is 38.5 Å². The fourth-order valence-corrected chi connectivity index (χ4v) is 2.25. The van der Waals surface area contributed by atoms with Gasteiger partial charge in [-0.05, 0) is 26.1 Å². The molecule has 0 saturated heterocycles. The first kappa shape index (κ1) is 20.8. The third kappa shape index (κ3) is 8.82. The highest BCUT2D eigenvalue weighted by Crippen LogP contribution is 2.27. The number of ketones is 1. The van der Waals surface area contributed by atoms with Gasteiger partial charge in [0.2, 0.25) is 0 Å². The molecule has 0 rings (SSSR count). The van der Waals surface area contributed by atoms with Crippen LogP contribution in [0, 0.1) is 5.92 Å². The molecule has 0 aromatic rings. The molecule has 28 heavy (non-hydrogen) atoms. The standard InChI is InChI=1S/C20H34O8/c1-5-8-11-26-16(22)14-20(25,19(24)28-13-10-7-3)17(15(4)21)18(23)27-12-9-6-2/h17,25H,5-14H2,1-4H3/i4D3. The molecule has 0 aliphatic carbocycles. The SMILES string of the molecule is [2H]C([2H])([2H])C(=O)C(C(=O)OCCCC)C(O)(CC(=O)OCCCC)C(=O)OCCCC. The summed E-state index contributed by atoms with van der Waals surface area (Å²) in [4.78, 5) is 50.1. The van der Waals surface area contributed by atoms with Crippen molar-refractivity contribution in [1.29, 1.82) is 0 Å². The van der Waals surface area contributed by atoms with Gasteiger partial charge in [-0.2, -0.15) is 0 Å². The van der Waals surface area contributed by atoms with E-state index in [-0.39, 0.29) is 19.8 Å². The van der Waals surface area contributed by atoms with E-state index in [4.69, 9.17) is 18.3 Å². The highest BCUT2D eigenvalue weighted by Gasteiger charge is 2.54. The maximum atomic E-state index is 12.7. The van der Waals surface area contributed by atoms with Gasteiger partial charge >= 0.3 is 17.9 Å². The van der Waals surface area contributed by atoms with E-state index in [0.717, 1.165) is 0 Å². The van der Waals surface area contributed by atoms with Crippen molar-refractivity contribution in [2.75, 3.05) is 19.8 Å². The molecule has 162 valence electrons. The van der Waals surface area contributed by atoms with Crippen molar-refractivity contribution < 1.29 is 42.6 Å². The number of esters is 3. The average Bonchev–Trinajstić information content (AvgIpc) is 2.67. The van der Waals surface area contributed by atoms with Crippen LogP contribution in [0.4, 0.5) is 0 Å². The number of carbonyl (C=O) groups excluding carboxylic acids is 4. The topological polar surface area (TPSA) is 116 Å². The Morgan fingerprint density at radius 3 is 1.89 bits per heavy atom. The first-order valence-corrected chi connectivity index (χ1v) is 9.71. The van der Waals surface area contributed by atoms with E-state index >= 15 is 0 Å². The van der Waals surface area contributed by atoms with E-state index in [1.807, 2.05) is 20.8 Å². The predicted molar refractivity (Wildman–Crippen MR) is 101 cm³/mol. The predicted octanol–water partition coefficient (Wildman–Crippen LogP) is 2.34. The molecule has 8 heteroatoms. The summed E-state index contributed by atoms with van der Waals surface area (Å²) in [5.41, 5.74) is -3.08. The summed E-state index contributed by atoms with van der Waals surface area (Å²) < 4.78 is 37.0. The van der Waals surface area contributed by atoms with E-state index < -0.39 is 48.5 Å². The smallest absolute Gasteiger partial charge is 0.340 e. The van der Waals surface area contributed by atoms with Gasteiger partial charge in [0.05, 0.1) is 26.2 Å². The molecule has 0 saturated carbocycles. The molecular formula is C20H34O8. The minimum Gasteiger partial charge on any atom is -0.466 e. The van der Waals surface area contributed by atoms with Gasteiger partial charge < -0.3 is 19.3 Å². The van der Waals surface area contributed by atoms with Gasteiger partial charge in [-0.15, -0.1) is 0 Å². The third-order valence-corrected chi connectivity index (χ3v) is 3.98.